The second-order valence-corrected chi connectivity index (χ2v) is 4.82. The van der Waals surface area contributed by atoms with Crippen LogP contribution < -0.4 is 17.0 Å². The van der Waals surface area contributed by atoms with Gasteiger partial charge >= 0.3 is 0 Å². The molecule has 1 aromatic rings. The minimum absolute atomic E-state index is 0. The van der Waals surface area contributed by atoms with Gasteiger partial charge in [0.15, 0.2) is 5.78 Å². The Labute approximate surface area is 120 Å². The molecule has 0 saturated carbocycles. The van der Waals surface area contributed by atoms with Gasteiger partial charge in [-0.1, -0.05) is 28.1 Å². The lowest BCUT2D eigenvalue weighted by Crippen LogP contribution is -3.00. The topological polar surface area (TPSA) is 44.2 Å². The van der Waals surface area contributed by atoms with Crippen molar-refractivity contribution in [1.29, 1.82) is 5.41 Å². The van der Waals surface area contributed by atoms with Crippen LogP contribution in [-0.2, 0) is 0 Å². The number of benzene rings is 1. The Bertz CT molecular complexity index is 417. The van der Waals surface area contributed by atoms with Crippen LogP contribution in [0.25, 0.3) is 0 Å². The molecule has 0 aliphatic carbocycles. The van der Waals surface area contributed by atoms with Gasteiger partial charge in [0.05, 0.1) is 12.4 Å². The number of halogens is 2. The van der Waals surface area contributed by atoms with E-state index >= 15 is 0 Å². The van der Waals surface area contributed by atoms with Crippen molar-refractivity contribution >= 4 is 27.5 Å². The molecular formula is C12H13Br2N2O-. The van der Waals surface area contributed by atoms with E-state index in [2.05, 4.69) is 15.9 Å². The molecule has 0 aromatic heterocycles. The highest BCUT2D eigenvalue weighted by Crippen LogP contribution is 2.14. The molecule has 1 saturated heterocycles. The molecule has 1 fully saturated rings. The SMILES string of the molecule is N=C1CCCN1CC(=O)c1ccc(Br)cc1.[Br-]. The van der Waals surface area contributed by atoms with Crippen molar-refractivity contribution in [3.05, 3.63) is 34.3 Å². The quantitative estimate of drug-likeness (QED) is 0.753. The molecule has 0 bridgehead atoms. The standard InChI is InChI=1S/C12H13BrN2O.BrH/c13-10-5-3-9(4-6-10)11(16)8-15-7-1-2-12(15)14;/h3-6,14H,1-2,7-8H2;1H/p-1. The molecule has 1 aliphatic rings. The molecule has 0 radical (unpaired) electrons. The molecule has 92 valence electrons. The highest BCUT2D eigenvalue weighted by molar-refractivity contribution is 9.10. The number of ketones is 1. The molecule has 0 unspecified atom stereocenters. The molecule has 2 rings (SSSR count). The zero-order chi connectivity index (χ0) is 11.5. The summed E-state index contributed by atoms with van der Waals surface area (Å²) in [6, 6.07) is 7.35. The number of likely N-dealkylation sites (tertiary alicyclic amines) is 1. The Morgan fingerprint density at radius 3 is 2.53 bits per heavy atom. The van der Waals surface area contributed by atoms with Crippen molar-refractivity contribution in [2.24, 2.45) is 0 Å². The van der Waals surface area contributed by atoms with Crippen molar-refractivity contribution in [3.8, 4) is 0 Å². The van der Waals surface area contributed by atoms with E-state index in [4.69, 9.17) is 5.41 Å². The molecule has 1 aliphatic heterocycles. The minimum atomic E-state index is 0. The van der Waals surface area contributed by atoms with Gasteiger partial charge in [0, 0.05) is 23.0 Å². The van der Waals surface area contributed by atoms with E-state index in [1.165, 1.54) is 0 Å². The number of hydrogen-bond acceptors (Lipinski definition) is 2. The molecular weight excluding hydrogens is 348 g/mol. The normalized spacial score (nSPS) is 14.6. The van der Waals surface area contributed by atoms with E-state index in [1.54, 1.807) is 0 Å². The lowest BCUT2D eigenvalue weighted by molar-refractivity contribution is -0.0000112. The lowest BCUT2D eigenvalue weighted by Gasteiger charge is -2.16. The maximum atomic E-state index is 11.9. The summed E-state index contributed by atoms with van der Waals surface area (Å²) in [4.78, 5) is 13.8. The highest BCUT2D eigenvalue weighted by atomic mass is 79.9. The highest BCUT2D eigenvalue weighted by Gasteiger charge is 2.19. The van der Waals surface area contributed by atoms with Crippen LogP contribution in [0, 0.1) is 5.41 Å². The van der Waals surface area contributed by atoms with Crippen molar-refractivity contribution in [2.75, 3.05) is 13.1 Å². The summed E-state index contributed by atoms with van der Waals surface area (Å²) >= 11 is 3.34. The maximum absolute atomic E-state index is 11.9. The summed E-state index contributed by atoms with van der Waals surface area (Å²) in [6.45, 7) is 1.17. The van der Waals surface area contributed by atoms with Gasteiger partial charge in [0.1, 0.15) is 0 Å². The second-order valence-electron chi connectivity index (χ2n) is 3.90. The Morgan fingerprint density at radius 1 is 1.35 bits per heavy atom. The van der Waals surface area contributed by atoms with Crippen LogP contribution in [0.1, 0.15) is 23.2 Å². The lowest BCUT2D eigenvalue weighted by atomic mass is 10.1. The van der Waals surface area contributed by atoms with E-state index < -0.39 is 0 Å². The average Bonchev–Trinajstić information content (AvgIpc) is 2.65. The Hall–Kier alpha value is -0.680. The number of carbonyl (C=O) groups is 1. The summed E-state index contributed by atoms with van der Waals surface area (Å²) in [5, 5.41) is 7.66. The van der Waals surface area contributed by atoms with Crippen molar-refractivity contribution in [2.45, 2.75) is 12.8 Å². The molecule has 0 atom stereocenters. The number of rotatable bonds is 3. The fraction of sp³-hybridized carbons (Fsp3) is 0.333. The molecule has 0 amide bonds. The fourth-order valence-electron chi connectivity index (χ4n) is 1.81. The van der Waals surface area contributed by atoms with Gasteiger partial charge in [0.2, 0.25) is 0 Å². The van der Waals surface area contributed by atoms with E-state index in [-0.39, 0.29) is 22.8 Å². The summed E-state index contributed by atoms with van der Waals surface area (Å²) in [5.41, 5.74) is 0.711. The molecule has 3 nitrogen and oxygen atoms in total. The Kier molecular flexibility index (Phi) is 5.33. The summed E-state index contributed by atoms with van der Waals surface area (Å²) in [6.07, 6.45) is 1.79. The van der Waals surface area contributed by atoms with Crippen LogP contribution in [0.2, 0.25) is 0 Å². The predicted molar refractivity (Wildman–Crippen MR) is 67.0 cm³/mol. The van der Waals surface area contributed by atoms with Gasteiger partial charge in [0.25, 0.3) is 0 Å². The van der Waals surface area contributed by atoms with Gasteiger partial charge in [-0.3, -0.25) is 10.2 Å². The van der Waals surface area contributed by atoms with E-state index in [0.29, 0.717) is 17.9 Å². The summed E-state index contributed by atoms with van der Waals surface area (Å²) in [5.74, 6) is 0.671. The third-order valence-corrected chi connectivity index (χ3v) is 3.25. The van der Waals surface area contributed by atoms with Gasteiger partial charge in [-0.25, -0.2) is 0 Å². The number of amidine groups is 1. The maximum Gasteiger partial charge on any atom is 0.182 e. The summed E-state index contributed by atoms with van der Waals surface area (Å²) < 4.78 is 0.970. The minimum Gasteiger partial charge on any atom is -1.00 e. The zero-order valence-corrected chi connectivity index (χ0v) is 12.4. The molecule has 1 N–H and O–H groups in total. The molecule has 1 heterocycles. The van der Waals surface area contributed by atoms with Gasteiger partial charge in [-0.05, 0) is 18.6 Å². The smallest absolute Gasteiger partial charge is 0.182 e. The van der Waals surface area contributed by atoms with Crippen LogP contribution in [0.4, 0.5) is 0 Å². The van der Waals surface area contributed by atoms with Crippen LogP contribution in [0.5, 0.6) is 0 Å². The number of hydrogen-bond donors (Lipinski definition) is 1. The number of Topliss-reactive ketones (excluding diaryl/α,β-unsaturated/α-hetero) is 1. The monoisotopic (exact) mass is 359 g/mol. The molecule has 5 heteroatoms. The fourth-order valence-corrected chi connectivity index (χ4v) is 2.07. The van der Waals surface area contributed by atoms with Crippen LogP contribution >= 0.6 is 15.9 Å². The van der Waals surface area contributed by atoms with Gasteiger partial charge < -0.3 is 21.9 Å². The van der Waals surface area contributed by atoms with E-state index in [9.17, 15) is 4.79 Å². The second kappa shape index (κ2) is 6.31. The first-order chi connectivity index (χ1) is 7.66. The average molecular weight is 361 g/mol. The predicted octanol–water partition coefficient (Wildman–Crippen LogP) is -0.291. The molecule has 1 aromatic carbocycles. The number of nitrogens with one attached hydrogen (secondary N) is 1. The first-order valence-electron chi connectivity index (χ1n) is 5.28. The first-order valence-corrected chi connectivity index (χ1v) is 6.07. The summed E-state index contributed by atoms with van der Waals surface area (Å²) in [7, 11) is 0. The van der Waals surface area contributed by atoms with Crippen LogP contribution in [-0.4, -0.2) is 29.6 Å². The van der Waals surface area contributed by atoms with E-state index in [0.717, 1.165) is 23.9 Å². The molecule has 17 heavy (non-hydrogen) atoms. The largest absolute Gasteiger partial charge is 1.00 e. The first kappa shape index (κ1) is 14.4. The van der Waals surface area contributed by atoms with Gasteiger partial charge in [-0.15, -0.1) is 0 Å². The third kappa shape index (κ3) is 3.64. The van der Waals surface area contributed by atoms with Crippen molar-refractivity contribution in [1.82, 2.24) is 4.90 Å². The van der Waals surface area contributed by atoms with E-state index in [1.807, 2.05) is 29.2 Å². The van der Waals surface area contributed by atoms with Crippen LogP contribution in [0.15, 0.2) is 28.7 Å². The zero-order valence-electron chi connectivity index (χ0n) is 9.25. The van der Waals surface area contributed by atoms with Crippen molar-refractivity contribution in [3.63, 3.8) is 0 Å². The number of carbonyl (C=O) groups excluding carboxylic acids is 1. The third-order valence-electron chi connectivity index (χ3n) is 2.72. The van der Waals surface area contributed by atoms with Crippen LogP contribution in [0.3, 0.4) is 0 Å². The van der Waals surface area contributed by atoms with Gasteiger partial charge in [-0.2, -0.15) is 0 Å². The Morgan fingerprint density at radius 2 is 2.00 bits per heavy atom. The molecule has 0 spiro atoms. The number of nitrogens with zero attached hydrogens (tertiary/aromatic N) is 1. The van der Waals surface area contributed by atoms with Crippen molar-refractivity contribution < 1.29 is 21.8 Å². The Balaban J connectivity index is 0.00000144.